The van der Waals surface area contributed by atoms with Crippen molar-refractivity contribution < 1.29 is 9.15 Å². The molecule has 0 amide bonds. The molecular weight excluding hydrogens is 152 g/mol. The maximum absolute atomic E-state index is 5.39. The van der Waals surface area contributed by atoms with Crippen molar-refractivity contribution in [1.29, 1.82) is 0 Å². The highest BCUT2D eigenvalue weighted by Crippen LogP contribution is 2.24. The zero-order valence-corrected chi connectivity index (χ0v) is 7.12. The van der Waals surface area contributed by atoms with Crippen LogP contribution < -0.4 is 0 Å². The molecule has 2 rings (SSSR count). The van der Waals surface area contributed by atoms with Crippen molar-refractivity contribution in [2.45, 2.75) is 19.4 Å². The highest BCUT2D eigenvalue weighted by Gasteiger charge is 2.13. The standard InChI is InChI=1S/C10H12O2/c1-8-7-9(4-6-11-8)10-3-2-5-12-10/h2-5,8H,6-7H2,1H3/t8-/m0/s1. The summed E-state index contributed by atoms with van der Waals surface area (Å²) in [6.07, 6.45) is 5.05. The van der Waals surface area contributed by atoms with Crippen molar-refractivity contribution in [2.75, 3.05) is 6.61 Å². The first-order valence-corrected chi connectivity index (χ1v) is 4.21. The Hall–Kier alpha value is -1.02. The normalized spacial score (nSPS) is 23.8. The van der Waals surface area contributed by atoms with Gasteiger partial charge in [-0.15, -0.1) is 0 Å². The fraction of sp³-hybridized carbons (Fsp3) is 0.400. The third kappa shape index (κ3) is 1.43. The number of rotatable bonds is 1. The van der Waals surface area contributed by atoms with Crippen LogP contribution in [-0.2, 0) is 4.74 Å². The first-order chi connectivity index (χ1) is 5.86. The number of furan rings is 1. The van der Waals surface area contributed by atoms with Gasteiger partial charge in [-0.1, -0.05) is 6.08 Å². The van der Waals surface area contributed by atoms with Gasteiger partial charge in [0.1, 0.15) is 5.76 Å². The molecule has 0 unspecified atom stereocenters. The largest absolute Gasteiger partial charge is 0.465 e. The van der Waals surface area contributed by atoms with E-state index in [9.17, 15) is 0 Å². The highest BCUT2D eigenvalue weighted by atomic mass is 16.5. The van der Waals surface area contributed by atoms with Crippen LogP contribution in [0.3, 0.4) is 0 Å². The van der Waals surface area contributed by atoms with Gasteiger partial charge in [0.2, 0.25) is 0 Å². The lowest BCUT2D eigenvalue weighted by Gasteiger charge is -2.18. The minimum atomic E-state index is 0.315. The monoisotopic (exact) mass is 164 g/mol. The second kappa shape index (κ2) is 3.15. The lowest BCUT2D eigenvalue weighted by atomic mass is 10.0. The average molecular weight is 164 g/mol. The first-order valence-electron chi connectivity index (χ1n) is 4.21. The predicted octanol–water partition coefficient (Wildman–Crippen LogP) is 2.47. The van der Waals surface area contributed by atoms with Gasteiger partial charge in [0.05, 0.1) is 19.0 Å². The second-order valence-corrected chi connectivity index (χ2v) is 3.05. The molecule has 1 aromatic heterocycles. The zero-order valence-electron chi connectivity index (χ0n) is 7.12. The third-order valence-corrected chi connectivity index (χ3v) is 2.06. The molecular formula is C10H12O2. The van der Waals surface area contributed by atoms with Gasteiger partial charge in [-0.3, -0.25) is 0 Å². The third-order valence-electron chi connectivity index (χ3n) is 2.06. The SMILES string of the molecule is C[C@H]1CC(c2ccco2)=CCO1. The molecule has 0 N–H and O–H groups in total. The molecule has 0 saturated carbocycles. The summed E-state index contributed by atoms with van der Waals surface area (Å²) in [5.41, 5.74) is 1.26. The van der Waals surface area contributed by atoms with E-state index in [2.05, 4.69) is 13.0 Å². The van der Waals surface area contributed by atoms with E-state index in [1.807, 2.05) is 12.1 Å². The van der Waals surface area contributed by atoms with Gasteiger partial charge in [0.25, 0.3) is 0 Å². The molecule has 1 aliphatic heterocycles. The van der Waals surface area contributed by atoms with Crippen LogP contribution in [0.4, 0.5) is 0 Å². The fourth-order valence-corrected chi connectivity index (χ4v) is 1.43. The highest BCUT2D eigenvalue weighted by molar-refractivity contribution is 5.62. The van der Waals surface area contributed by atoms with Crippen molar-refractivity contribution in [1.82, 2.24) is 0 Å². The van der Waals surface area contributed by atoms with Gasteiger partial charge in [0.15, 0.2) is 0 Å². The fourth-order valence-electron chi connectivity index (χ4n) is 1.43. The minimum absolute atomic E-state index is 0.315. The second-order valence-electron chi connectivity index (χ2n) is 3.05. The van der Waals surface area contributed by atoms with Crippen LogP contribution in [0.15, 0.2) is 28.9 Å². The molecule has 12 heavy (non-hydrogen) atoms. The molecule has 0 aromatic carbocycles. The molecule has 2 heterocycles. The maximum Gasteiger partial charge on any atom is 0.129 e. The Bertz CT molecular complexity index is 272. The first kappa shape index (κ1) is 7.62. The molecule has 1 atom stereocenters. The molecule has 1 aliphatic rings. The average Bonchev–Trinajstić information content (AvgIpc) is 2.56. The Labute approximate surface area is 71.8 Å². The van der Waals surface area contributed by atoms with Gasteiger partial charge in [-0.25, -0.2) is 0 Å². The van der Waals surface area contributed by atoms with Crippen LogP contribution in [0.5, 0.6) is 0 Å². The Balaban J connectivity index is 2.19. The molecule has 1 aromatic rings. The summed E-state index contributed by atoms with van der Waals surface area (Å²) in [4.78, 5) is 0. The molecule has 0 saturated heterocycles. The van der Waals surface area contributed by atoms with Gasteiger partial charge >= 0.3 is 0 Å². The van der Waals surface area contributed by atoms with E-state index in [-0.39, 0.29) is 0 Å². The summed E-state index contributed by atoms with van der Waals surface area (Å²) in [6.45, 7) is 2.78. The topological polar surface area (TPSA) is 22.4 Å². The van der Waals surface area contributed by atoms with Crippen LogP contribution >= 0.6 is 0 Å². The number of ether oxygens (including phenoxy) is 1. The van der Waals surface area contributed by atoms with E-state index < -0.39 is 0 Å². The summed E-state index contributed by atoms with van der Waals surface area (Å²) in [5, 5.41) is 0. The van der Waals surface area contributed by atoms with Gasteiger partial charge in [-0.2, -0.15) is 0 Å². The number of hydrogen-bond acceptors (Lipinski definition) is 2. The summed E-state index contributed by atoms with van der Waals surface area (Å²) in [5.74, 6) is 0.977. The van der Waals surface area contributed by atoms with E-state index in [1.54, 1.807) is 6.26 Å². The lowest BCUT2D eigenvalue weighted by molar-refractivity contribution is 0.0846. The van der Waals surface area contributed by atoms with Crippen LogP contribution in [0.25, 0.3) is 5.57 Å². The molecule has 0 spiro atoms. The number of hydrogen-bond donors (Lipinski definition) is 0. The Morgan fingerprint density at radius 3 is 3.08 bits per heavy atom. The lowest BCUT2D eigenvalue weighted by Crippen LogP contribution is -2.13. The summed E-state index contributed by atoms with van der Waals surface area (Å²) in [7, 11) is 0. The Morgan fingerprint density at radius 1 is 1.50 bits per heavy atom. The van der Waals surface area contributed by atoms with E-state index in [0.29, 0.717) is 12.7 Å². The predicted molar refractivity (Wildman–Crippen MR) is 46.7 cm³/mol. The molecule has 2 nitrogen and oxygen atoms in total. The molecule has 0 fully saturated rings. The molecule has 64 valence electrons. The van der Waals surface area contributed by atoms with E-state index in [1.165, 1.54) is 5.57 Å². The Kier molecular flexibility index (Phi) is 2.00. The summed E-state index contributed by atoms with van der Waals surface area (Å²) >= 11 is 0. The maximum atomic E-state index is 5.39. The van der Waals surface area contributed by atoms with Gasteiger partial charge in [-0.05, 0) is 24.6 Å². The van der Waals surface area contributed by atoms with Crippen LogP contribution in [0, 0.1) is 0 Å². The zero-order chi connectivity index (χ0) is 8.39. The van der Waals surface area contributed by atoms with E-state index in [0.717, 1.165) is 12.2 Å². The smallest absolute Gasteiger partial charge is 0.129 e. The molecule has 2 heteroatoms. The van der Waals surface area contributed by atoms with Crippen LogP contribution in [-0.4, -0.2) is 12.7 Å². The van der Waals surface area contributed by atoms with Crippen molar-refractivity contribution in [3.63, 3.8) is 0 Å². The summed E-state index contributed by atoms with van der Waals surface area (Å²) < 4.78 is 10.7. The van der Waals surface area contributed by atoms with Crippen LogP contribution in [0.2, 0.25) is 0 Å². The van der Waals surface area contributed by atoms with Gasteiger partial charge in [0, 0.05) is 6.42 Å². The quantitative estimate of drug-likeness (QED) is 0.636. The van der Waals surface area contributed by atoms with E-state index >= 15 is 0 Å². The van der Waals surface area contributed by atoms with E-state index in [4.69, 9.17) is 9.15 Å². The molecule has 0 bridgehead atoms. The molecule has 0 aliphatic carbocycles. The summed E-state index contributed by atoms with van der Waals surface area (Å²) in [6, 6.07) is 3.90. The van der Waals surface area contributed by atoms with Gasteiger partial charge < -0.3 is 9.15 Å². The van der Waals surface area contributed by atoms with Crippen molar-refractivity contribution in [3.05, 3.63) is 30.2 Å². The van der Waals surface area contributed by atoms with Crippen LogP contribution in [0.1, 0.15) is 19.1 Å². The van der Waals surface area contributed by atoms with Crippen molar-refractivity contribution in [3.8, 4) is 0 Å². The Morgan fingerprint density at radius 2 is 2.42 bits per heavy atom. The van der Waals surface area contributed by atoms with Crippen molar-refractivity contribution >= 4 is 5.57 Å². The molecule has 0 radical (unpaired) electrons. The minimum Gasteiger partial charge on any atom is -0.465 e. The van der Waals surface area contributed by atoms with Crippen molar-refractivity contribution in [2.24, 2.45) is 0 Å².